The minimum absolute atomic E-state index is 0.0289. The summed E-state index contributed by atoms with van der Waals surface area (Å²) in [7, 11) is -3.80. The van der Waals surface area contributed by atoms with Crippen LogP contribution < -0.4 is 5.32 Å². The molecule has 11 heteroatoms. The van der Waals surface area contributed by atoms with Gasteiger partial charge in [0.15, 0.2) is 0 Å². The monoisotopic (exact) mass is 485 g/mol. The Labute approximate surface area is 188 Å². The van der Waals surface area contributed by atoms with Crippen LogP contribution in [0.5, 0.6) is 0 Å². The smallest absolute Gasteiger partial charge is 0.345 e. The molecule has 1 amide bonds. The Morgan fingerprint density at radius 3 is 2.59 bits per heavy atom. The summed E-state index contributed by atoms with van der Waals surface area (Å²) in [5.41, 5.74) is -0.593. The maximum Gasteiger partial charge on any atom is 0.416 e. The molecule has 32 heavy (non-hydrogen) atoms. The van der Waals surface area contributed by atoms with Gasteiger partial charge in [-0.15, -0.1) is 0 Å². The zero-order valence-electron chi connectivity index (χ0n) is 16.7. The third-order valence-corrected chi connectivity index (χ3v) is 7.28. The number of piperidine rings is 1. The fourth-order valence-corrected chi connectivity index (χ4v) is 5.15. The van der Waals surface area contributed by atoms with E-state index in [-0.39, 0.29) is 47.1 Å². The fourth-order valence-electron chi connectivity index (χ4n) is 3.26. The van der Waals surface area contributed by atoms with Crippen molar-refractivity contribution in [2.45, 2.75) is 23.9 Å². The number of pyridine rings is 1. The number of hydrogen-bond donors (Lipinski definition) is 1. The number of carbonyl (C=O) groups excluding carboxylic acids is 1. The van der Waals surface area contributed by atoms with E-state index in [1.165, 1.54) is 34.8 Å². The van der Waals surface area contributed by atoms with Gasteiger partial charge in [-0.05, 0) is 43.2 Å². The second-order valence-corrected chi connectivity index (χ2v) is 9.33. The summed E-state index contributed by atoms with van der Waals surface area (Å²) < 4.78 is 64.9. The molecule has 1 saturated heterocycles. The molecule has 1 aliphatic heterocycles. The molecule has 0 aliphatic carbocycles. The number of alkyl halides is 3. The summed E-state index contributed by atoms with van der Waals surface area (Å²) in [5.74, 6) is 4.56. The highest BCUT2D eigenvalue weighted by atomic mass is 35.5. The third kappa shape index (κ3) is 5.79. The summed E-state index contributed by atoms with van der Waals surface area (Å²) in [6.45, 7) is 0.280. The number of carbonyl (C=O) groups is 1. The Morgan fingerprint density at radius 1 is 1.22 bits per heavy atom. The van der Waals surface area contributed by atoms with Crippen LogP contribution >= 0.6 is 11.6 Å². The molecule has 0 unspecified atom stereocenters. The van der Waals surface area contributed by atoms with Crippen LogP contribution in [0.2, 0.25) is 5.15 Å². The van der Waals surface area contributed by atoms with E-state index in [1.807, 2.05) is 0 Å². The highest BCUT2D eigenvalue weighted by molar-refractivity contribution is 7.89. The lowest BCUT2D eigenvalue weighted by molar-refractivity contribution is -0.137. The predicted octanol–water partition coefficient (Wildman–Crippen LogP) is 3.32. The van der Waals surface area contributed by atoms with Crippen LogP contribution in [-0.2, 0) is 21.0 Å². The molecule has 0 saturated carbocycles. The maximum absolute atomic E-state index is 12.7. The average molecular weight is 486 g/mol. The van der Waals surface area contributed by atoms with Gasteiger partial charge in [0, 0.05) is 30.8 Å². The normalized spacial score (nSPS) is 15.6. The maximum atomic E-state index is 12.7. The fraction of sp³-hybridized carbons (Fsp3) is 0.333. The van der Waals surface area contributed by atoms with E-state index < -0.39 is 21.8 Å². The van der Waals surface area contributed by atoms with Crippen LogP contribution in [0.1, 0.15) is 24.0 Å². The zero-order chi connectivity index (χ0) is 23.4. The van der Waals surface area contributed by atoms with Gasteiger partial charge >= 0.3 is 6.18 Å². The van der Waals surface area contributed by atoms with Crippen molar-refractivity contribution in [2.75, 3.05) is 19.6 Å². The molecule has 0 radical (unpaired) electrons. The number of sulfonamides is 1. The van der Waals surface area contributed by atoms with Gasteiger partial charge in [0.2, 0.25) is 15.9 Å². The molecule has 2 aromatic rings. The molecule has 0 spiro atoms. The van der Waals surface area contributed by atoms with Gasteiger partial charge in [0.1, 0.15) is 10.0 Å². The first-order valence-electron chi connectivity index (χ1n) is 9.63. The number of amides is 1. The van der Waals surface area contributed by atoms with Gasteiger partial charge in [-0.2, -0.15) is 17.5 Å². The van der Waals surface area contributed by atoms with Gasteiger partial charge in [0.05, 0.1) is 12.1 Å². The minimum Gasteiger partial charge on any atom is -0.345 e. The number of nitrogens with zero attached hydrogens (tertiary/aromatic N) is 2. The SMILES string of the molecule is O=C(NCC#Cc1cccc(C(F)(F)F)c1)C1CCN(S(=O)(=O)c2cccnc2Cl)CC1. The van der Waals surface area contributed by atoms with E-state index in [1.54, 1.807) is 0 Å². The first-order chi connectivity index (χ1) is 15.1. The van der Waals surface area contributed by atoms with Crippen molar-refractivity contribution in [2.24, 2.45) is 5.92 Å². The summed E-state index contributed by atoms with van der Waals surface area (Å²) in [5, 5.41) is 2.52. The summed E-state index contributed by atoms with van der Waals surface area (Å²) in [6.07, 6.45) is -2.40. The molecule has 1 fully saturated rings. The largest absolute Gasteiger partial charge is 0.416 e. The molecular weight excluding hydrogens is 467 g/mol. The Bertz CT molecular complexity index is 1150. The van der Waals surface area contributed by atoms with E-state index >= 15 is 0 Å². The van der Waals surface area contributed by atoms with Gasteiger partial charge in [-0.1, -0.05) is 29.5 Å². The Kier molecular flexibility index (Phi) is 7.44. The zero-order valence-corrected chi connectivity index (χ0v) is 18.3. The van der Waals surface area contributed by atoms with Gasteiger partial charge in [0.25, 0.3) is 0 Å². The number of halogens is 4. The van der Waals surface area contributed by atoms with Crippen molar-refractivity contribution in [3.8, 4) is 11.8 Å². The van der Waals surface area contributed by atoms with Gasteiger partial charge < -0.3 is 5.32 Å². The average Bonchev–Trinajstić information content (AvgIpc) is 2.76. The van der Waals surface area contributed by atoms with Crippen LogP contribution in [0.25, 0.3) is 0 Å². The van der Waals surface area contributed by atoms with Crippen molar-refractivity contribution in [1.29, 1.82) is 0 Å². The standard InChI is InChI=1S/C21H19ClF3N3O3S/c22-19-18(7-3-10-26-19)32(30,31)28-12-8-16(9-13-28)20(29)27-11-2-5-15-4-1-6-17(14-15)21(23,24)25/h1,3-4,6-7,10,14,16H,8-9,11-13H2,(H,27,29). The summed E-state index contributed by atoms with van der Waals surface area (Å²) in [6, 6.07) is 7.49. The predicted molar refractivity (Wildman–Crippen MR) is 112 cm³/mol. The molecule has 170 valence electrons. The molecule has 1 aromatic carbocycles. The van der Waals surface area contributed by atoms with Gasteiger partial charge in [-0.25, -0.2) is 13.4 Å². The minimum atomic E-state index is -4.45. The van der Waals surface area contributed by atoms with Crippen molar-refractivity contribution >= 4 is 27.5 Å². The second-order valence-electron chi connectivity index (χ2n) is 7.07. The number of nitrogens with one attached hydrogen (secondary N) is 1. The van der Waals surface area contributed by atoms with Crippen LogP contribution in [0.4, 0.5) is 13.2 Å². The summed E-state index contributed by atoms with van der Waals surface area (Å²) >= 11 is 5.90. The molecule has 0 bridgehead atoms. The van der Waals surface area contributed by atoms with E-state index in [0.29, 0.717) is 12.8 Å². The Morgan fingerprint density at radius 2 is 1.94 bits per heavy atom. The first-order valence-corrected chi connectivity index (χ1v) is 11.5. The van der Waals surface area contributed by atoms with E-state index in [4.69, 9.17) is 11.6 Å². The highest BCUT2D eigenvalue weighted by Crippen LogP contribution is 2.29. The van der Waals surface area contributed by atoms with Crippen LogP contribution in [0.3, 0.4) is 0 Å². The lowest BCUT2D eigenvalue weighted by Gasteiger charge is -2.30. The lowest BCUT2D eigenvalue weighted by atomic mass is 9.97. The lowest BCUT2D eigenvalue weighted by Crippen LogP contribution is -2.43. The number of aromatic nitrogens is 1. The van der Waals surface area contributed by atoms with E-state index in [9.17, 15) is 26.4 Å². The molecule has 1 aliphatic rings. The first kappa shape index (κ1) is 24.0. The van der Waals surface area contributed by atoms with Crippen molar-refractivity contribution < 1.29 is 26.4 Å². The number of benzene rings is 1. The van der Waals surface area contributed by atoms with Crippen molar-refractivity contribution in [1.82, 2.24) is 14.6 Å². The third-order valence-electron chi connectivity index (χ3n) is 4.94. The van der Waals surface area contributed by atoms with E-state index in [0.717, 1.165) is 12.1 Å². The second kappa shape index (κ2) is 9.90. The molecule has 1 N–H and O–H groups in total. The molecule has 2 heterocycles. The van der Waals surface area contributed by atoms with Crippen LogP contribution in [0.15, 0.2) is 47.5 Å². The topological polar surface area (TPSA) is 79.4 Å². The summed E-state index contributed by atoms with van der Waals surface area (Å²) in [4.78, 5) is 16.1. The number of rotatable bonds is 4. The van der Waals surface area contributed by atoms with E-state index in [2.05, 4.69) is 22.1 Å². The molecule has 1 aromatic heterocycles. The number of hydrogen-bond acceptors (Lipinski definition) is 4. The Hall–Kier alpha value is -2.61. The van der Waals surface area contributed by atoms with Gasteiger partial charge in [-0.3, -0.25) is 4.79 Å². The molecule has 3 rings (SSSR count). The van der Waals surface area contributed by atoms with Crippen LogP contribution in [0, 0.1) is 17.8 Å². The highest BCUT2D eigenvalue weighted by Gasteiger charge is 2.33. The van der Waals surface area contributed by atoms with Crippen molar-refractivity contribution in [3.05, 3.63) is 58.9 Å². The molecular formula is C21H19ClF3N3O3S. The quantitative estimate of drug-likeness (QED) is 0.532. The van der Waals surface area contributed by atoms with Crippen LogP contribution in [-0.4, -0.2) is 43.2 Å². The molecule has 6 nitrogen and oxygen atoms in total. The van der Waals surface area contributed by atoms with Crippen molar-refractivity contribution in [3.63, 3.8) is 0 Å². The molecule has 0 atom stereocenters. The Balaban J connectivity index is 1.52.